The molecule has 0 unspecified atom stereocenters. The summed E-state index contributed by atoms with van der Waals surface area (Å²) in [6.07, 6.45) is -7.36. The molecule has 0 radical (unpaired) electrons. The second-order valence-electron chi connectivity index (χ2n) is 8.73. The van der Waals surface area contributed by atoms with Crippen LogP contribution in [0.4, 0.5) is 18.0 Å². The topological polar surface area (TPSA) is 105 Å². The zero-order chi connectivity index (χ0) is 25.8. The third-order valence-electron chi connectivity index (χ3n) is 5.92. The number of hydrogen-bond donors (Lipinski definition) is 3. The number of carboxylic acids is 1. The lowest BCUT2D eigenvalue weighted by molar-refractivity contribution is -0.165. The molecule has 1 aliphatic carbocycles. The molecule has 0 bridgehead atoms. The molecule has 3 N–H and O–H groups in total. The number of rotatable bonds is 9. The van der Waals surface area contributed by atoms with Crippen molar-refractivity contribution in [3.05, 3.63) is 59.7 Å². The maximum absolute atomic E-state index is 13.3. The molecule has 0 saturated carbocycles. The minimum absolute atomic E-state index is 0.0178. The summed E-state index contributed by atoms with van der Waals surface area (Å²) >= 11 is 0. The summed E-state index contributed by atoms with van der Waals surface area (Å²) in [5.41, 5.74) is 4.06. The van der Waals surface area contributed by atoms with E-state index >= 15 is 0 Å². The number of carbonyl (C=O) groups is 3. The van der Waals surface area contributed by atoms with Crippen LogP contribution in [0.2, 0.25) is 0 Å². The van der Waals surface area contributed by atoms with Gasteiger partial charge in [-0.1, -0.05) is 62.4 Å². The van der Waals surface area contributed by atoms with Crippen molar-refractivity contribution < 1.29 is 37.4 Å². The molecular weight excluding hydrogens is 465 g/mol. The van der Waals surface area contributed by atoms with E-state index in [2.05, 4.69) is 5.32 Å². The fraction of sp³-hybridized carbons (Fsp3) is 0.400. The molecule has 7 nitrogen and oxygen atoms in total. The van der Waals surface area contributed by atoms with E-state index in [0.717, 1.165) is 22.3 Å². The number of halogens is 3. The van der Waals surface area contributed by atoms with E-state index in [0.29, 0.717) is 0 Å². The van der Waals surface area contributed by atoms with Crippen LogP contribution < -0.4 is 10.6 Å². The van der Waals surface area contributed by atoms with Crippen LogP contribution in [-0.2, 0) is 14.3 Å². The quantitative estimate of drug-likeness (QED) is 0.479. The van der Waals surface area contributed by atoms with Crippen LogP contribution >= 0.6 is 0 Å². The Labute approximate surface area is 200 Å². The highest BCUT2D eigenvalue weighted by Gasteiger charge is 2.42. The first-order chi connectivity index (χ1) is 16.5. The minimum Gasteiger partial charge on any atom is -0.481 e. The molecular formula is C25H27F3N2O5. The first-order valence-corrected chi connectivity index (χ1v) is 11.2. The van der Waals surface area contributed by atoms with Gasteiger partial charge in [-0.3, -0.25) is 9.59 Å². The predicted molar refractivity (Wildman–Crippen MR) is 122 cm³/mol. The number of fused-ring (bicyclic) bond motifs is 3. The molecule has 0 saturated heterocycles. The third kappa shape index (κ3) is 6.32. The van der Waals surface area contributed by atoms with E-state index in [-0.39, 0.29) is 12.5 Å². The van der Waals surface area contributed by atoms with Crippen LogP contribution in [0, 0.1) is 5.92 Å². The smallest absolute Gasteiger partial charge is 0.408 e. The number of hydrogen-bond acceptors (Lipinski definition) is 4. The van der Waals surface area contributed by atoms with Crippen molar-refractivity contribution in [1.82, 2.24) is 10.6 Å². The molecule has 3 rings (SSSR count). The van der Waals surface area contributed by atoms with Gasteiger partial charge < -0.3 is 20.5 Å². The van der Waals surface area contributed by atoms with Gasteiger partial charge in [-0.15, -0.1) is 0 Å². The Balaban J connectivity index is 1.65. The molecule has 0 heterocycles. The second kappa shape index (κ2) is 10.8. The van der Waals surface area contributed by atoms with Crippen LogP contribution in [0.3, 0.4) is 0 Å². The first-order valence-electron chi connectivity index (χ1n) is 11.2. The number of benzene rings is 2. The fourth-order valence-electron chi connectivity index (χ4n) is 4.15. The highest BCUT2D eigenvalue weighted by atomic mass is 19.4. The summed E-state index contributed by atoms with van der Waals surface area (Å²) in [6, 6.07) is 11.8. The van der Waals surface area contributed by atoms with E-state index in [9.17, 15) is 27.6 Å². The van der Waals surface area contributed by atoms with E-state index in [1.54, 1.807) is 13.8 Å². The Morgan fingerprint density at radius 1 is 0.971 bits per heavy atom. The Bertz CT molecular complexity index is 1040. The number of amides is 2. The number of ether oxygens (including phenoxy) is 1. The third-order valence-corrected chi connectivity index (χ3v) is 5.92. The van der Waals surface area contributed by atoms with Crippen molar-refractivity contribution in [2.45, 2.75) is 50.9 Å². The van der Waals surface area contributed by atoms with Gasteiger partial charge in [0.1, 0.15) is 18.7 Å². The number of nitrogens with one attached hydrogen (secondary N) is 2. The van der Waals surface area contributed by atoms with Crippen LogP contribution in [-0.4, -0.2) is 47.9 Å². The van der Waals surface area contributed by atoms with Crippen molar-refractivity contribution in [1.29, 1.82) is 0 Å². The lowest BCUT2D eigenvalue weighted by Gasteiger charge is -2.26. The summed E-state index contributed by atoms with van der Waals surface area (Å²) in [5.74, 6) is -3.25. The normalized spacial score (nSPS) is 14.6. The molecule has 0 spiro atoms. The van der Waals surface area contributed by atoms with E-state index in [1.165, 1.54) is 0 Å². The van der Waals surface area contributed by atoms with Gasteiger partial charge in [0, 0.05) is 12.3 Å². The standard InChI is InChI=1S/C25H27F3N2O5/c1-14(2)22(23(33)29-20(25(26,27)28)11-12-21(31)32)30-24(34)35-13-19-17-9-5-3-7-15(17)16-8-4-6-10-18(16)19/h3-10,14,19-20,22H,11-13H2,1-2H3,(H,29,33)(H,30,34)(H,31,32)/t20-,22+/m0/s1. The van der Waals surface area contributed by atoms with Gasteiger partial charge in [0.2, 0.25) is 5.91 Å². The number of aliphatic carboxylic acids is 1. The van der Waals surface area contributed by atoms with Crippen LogP contribution in [0.1, 0.15) is 43.7 Å². The van der Waals surface area contributed by atoms with Crippen molar-refractivity contribution in [3.8, 4) is 11.1 Å². The van der Waals surface area contributed by atoms with E-state index in [4.69, 9.17) is 9.84 Å². The highest BCUT2D eigenvalue weighted by molar-refractivity contribution is 5.86. The van der Waals surface area contributed by atoms with Crippen LogP contribution in [0.25, 0.3) is 11.1 Å². The SMILES string of the molecule is CC(C)[C@@H](NC(=O)OCC1c2ccccc2-c2ccccc21)C(=O)N[C@@H](CCC(=O)O)C(F)(F)F. The summed E-state index contributed by atoms with van der Waals surface area (Å²) < 4.78 is 45.2. The highest BCUT2D eigenvalue weighted by Crippen LogP contribution is 2.44. The lowest BCUT2D eigenvalue weighted by atomic mass is 9.98. The average Bonchev–Trinajstić information content (AvgIpc) is 3.11. The average molecular weight is 492 g/mol. The largest absolute Gasteiger partial charge is 0.481 e. The fourth-order valence-corrected chi connectivity index (χ4v) is 4.15. The Morgan fingerprint density at radius 2 is 1.51 bits per heavy atom. The monoisotopic (exact) mass is 492 g/mol. The molecule has 0 aliphatic heterocycles. The Kier molecular flexibility index (Phi) is 8.03. The van der Waals surface area contributed by atoms with Crippen molar-refractivity contribution in [3.63, 3.8) is 0 Å². The molecule has 188 valence electrons. The molecule has 1 aliphatic rings. The zero-order valence-corrected chi connectivity index (χ0v) is 19.3. The van der Waals surface area contributed by atoms with Crippen LogP contribution in [0.15, 0.2) is 48.5 Å². The van der Waals surface area contributed by atoms with Crippen molar-refractivity contribution in [2.75, 3.05) is 6.61 Å². The molecule has 10 heteroatoms. The van der Waals surface area contributed by atoms with Gasteiger partial charge in [0.25, 0.3) is 0 Å². The molecule has 35 heavy (non-hydrogen) atoms. The summed E-state index contributed by atoms with van der Waals surface area (Å²) in [6.45, 7) is 3.11. The molecule has 2 amide bonds. The Hall–Kier alpha value is -3.56. The zero-order valence-electron chi connectivity index (χ0n) is 19.3. The molecule has 0 fully saturated rings. The van der Waals surface area contributed by atoms with Crippen LogP contribution in [0.5, 0.6) is 0 Å². The van der Waals surface area contributed by atoms with Crippen molar-refractivity contribution in [2.24, 2.45) is 5.92 Å². The molecule has 0 aromatic heterocycles. The van der Waals surface area contributed by atoms with Gasteiger partial charge in [0.05, 0.1) is 0 Å². The first kappa shape index (κ1) is 26.1. The van der Waals surface area contributed by atoms with Gasteiger partial charge in [0.15, 0.2) is 0 Å². The number of alkyl carbamates (subject to hydrolysis) is 1. The van der Waals surface area contributed by atoms with E-state index < -0.39 is 55.0 Å². The number of carboxylic acid groups (broad SMARTS) is 1. The summed E-state index contributed by atoms with van der Waals surface area (Å²) in [5, 5.41) is 12.9. The maximum Gasteiger partial charge on any atom is 0.408 e. The predicted octanol–water partition coefficient (Wildman–Crippen LogP) is 4.46. The molecule has 2 atom stereocenters. The van der Waals surface area contributed by atoms with E-state index in [1.807, 2.05) is 53.8 Å². The minimum atomic E-state index is -4.84. The number of carbonyl (C=O) groups excluding carboxylic acids is 2. The van der Waals surface area contributed by atoms with Gasteiger partial charge in [-0.05, 0) is 34.6 Å². The van der Waals surface area contributed by atoms with Gasteiger partial charge in [-0.2, -0.15) is 13.2 Å². The number of alkyl halides is 3. The second-order valence-corrected chi connectivity index (χ2v) is 8.73. The van der Waals surface area contributed by atoms with Crippen molar-refractivity contribution >= 4 is 18.0 Å². The lowest BCUT2D eigenvalue weighted by Crippen LogP contribution is -2.55. The van der Waals surface area contributed by atoms with Gasteiger partial charge in [-0.25, -0.2) is 4.79 Å². The maximum atomic E-state index is 13.3. The molecule has 2 aromatic rings. The van der Waals surface area contributed by atoms with Gasteiger partial charge >= 0.3 is 18.2 Å². The summed E-state index contributed by atoms with van der Waals surface area (Å²) in [7, 11) is 0. The summed E-state index contributed by atoms with van der Waals surface area (Å²) in [4.78, 5) is 35.8. The molecule has 2 aromatic carbocycles. The Morgan fingerprint density at radius 3 is 2.00 bits per heavy atom.